The van der Waals surface area contributed by atoms with Gasteiger partial charge in [0.1, 0.15) is 5.82 Å². The van der Waals surface area contributed by atoms with Gasteiger partial charge in [0.25, 0.3) is 5.91 Å². The molecule has 0 N–H and O–H groups in total. The van der Waals surface area contributed by atoms with Crippen molar-refractivity contribution in [1.29, 1.82) is 0 Å². The summed E-state index contributed by atoms with van der Waals surface area (Å²) in [6.45, 7) is 9.40. The number of allylic oxidation sites excluding steroid dienone is 1. The number of hydrogen-bond acceptors (Lipinski definition) is 6. The Balaban J connectivity index is 1.54. The molecule has 1 aromatic heterocycles. The molecule has 196 valence electrons. The number of aromatic nitrogens is 2. The largest absolute Gasteiger partial charge is 0.433 e. The number of anilines is 2. The predicted octanol–water partition coefficient (Wildman–Crippen LogP) is 4.06. The molecule has 0 spiro atoms. The number of nitrogens with zero attached hydrogens (tertiary/aromatic N) is 7. The van der Waals surface area contributed by atoms with Gasteiger partial charge in [-0.3, -0.25) is 4.79 Å². The van der Waals surface area contributed by atoms with Crippen molar-refractivity contribution in [2.75, 3.05) is 50.1 Å². The second kappa shape index (κ2) is 10.3. The van der Waals surface area contributed by atoms with Crippen molar-refractivity contribution < 1.29 is 18.0 Å². The highest BCUT2D eigenvalue weighted by Gasteiger charge is 2.43. The number of benzene rings is 1. The van der Waals surface area contributed by atoms with Gasteiger partial charge in [0.2, 0.25) is 5.95 Å². The first-order valence-electron chi connectivity index (χ1n) is 12.0. The zero-order valence-corrected chi connectivity index (χ0v) is 21.3. The van der Waals surface area contributed by atoms with Gasteiger partial charge in [-0.15, -0.1) is 0 Å². The molecule has 0 saturated carbocycles. The van der Waals surface area contributed by atoms with Crippen LogP contribution in [0.15, 0.2) is 46.5 Å². The number of aliphatic imine (C=N–C) groups is 2. The van der Waals surface area contributed by atoms with Crippen LogP contribution in [0, 0.1) is 18.8 Å². The van der Waals surface area contributed by atoms with E-state index in [0.29, 0.717) is 43.1 Å². The third-order valence-electron chi connectivity index (χ3n) is 6.63. The highest BCUT2D eigenvalue weighted by molar-refractivity contribution is 6.11. The lowest BCUT2D eigenvalue weighted by Crippen LogP contribution is -2.34. The van der Waals surface area contributed by atoms with Crippen molar-refractivity contribution in [3.8, 4) is 0 Å². The molecular weight excluding hydrogens is 483 g/mol. The monoisotopic (exact) mass is 513 g/mol. The fourth-order valence-corrected chi connectivity index (χ4v) is 4.82. The second-order valence-electron chi connectivity index (χ2n) is 9.58. The Kier molecular flexibility index (Phi) is 7.33. The van der Waals surface area contributed by atoms with E-state index < -0.39 is 11.9 Å². The zero-order valence-electron chi connectivity index (χ0n) is 21.3. The van der Waals surface area contributed by atoms with E-state index in [2.05, 4.69) is 26.7 Å². The molecule has 2 fully saturated rings. The van der Waals surface area contributed by atoms with E-state index in [1.165, 1.54) is 4.90 Å². The molecule has 2 saturated heterocycles. The molecule has 8 nitrogen and oxygen atoms in total. The lowest BCUT2D eigenvalue weighted by molar-refractivity contribution is -0.141. The van der Waals surface area contributed by atoms with Crippen LogP contribution in [-0.2, 0) is 6.18 Å². The number of carbonyl (C=O) groups is 1. The van der Waals surface area contributed by atoms with Crippen LogP contribution in [-0.4, -0.2) is 73.6 Å². The molecule has 2 aromatic rings. The minimum absolute atomic E-state index is 0.0110. The average molecular weight is 514 g/mol. The normalized spacial score (nSPS) is 20.0. The quantitative estimate of drug-likeness (QED) is 0.445. The Bertz CT molecular complexity index is 1240. The number of rotatable bonds is 5. The van der Waals surface area contributed by atoms with Crippen LogP contribution in [0.4, 0.5) is 24.9 Å². The van der Waals surface area contributed by atoms with Crippen molar-refractivity contribution in [2.45, 2.75) is 20.0 Å². The lowest BCUT2D eigenvalue weighted by Gasteiger charge is -2.24. The number of likely N-dealkylation sites (tertiary alicyclic amines) is 1. The molecule has 1 aromatic carbocycles. The van der Waals surface area contributed by atoms with E-state index in [-0.39, 0.29) is 29.5 Å². The van der Waals surface area contributed by atoms with E-state index in [1.54, 1.807) is 26.4 Å². The van der Waals surface area contributed by atoms with Gasteiger partial charge in [0.15, 0.2) is 11.5 Å². The van der Waals surface area contributed by atoms with E-state index in [9.17, 15) is 18.0 Å². The van der Waals surface area contributed by atoms with Crippen molar-refractivity contribution in [2.24, 2.45) is 21.8 Å². The Morgan fingerprint density at radius 2 is 1.78 bits per heavy atom. The van der Waals surface area contributed by atoms with Gasteiger partial charge >= 0.3 is 6.18 Å². The van der Waals surface area contributed by atoms with Gasteiger partial charge in [-0.25, -0.2) is 15.0 Å². The van der Waals surface area contributed by atoms with Crippen LogP contribution in [0.25, 0.3) is 0 Å². The summed E-state index contributed by atoms with van der Waals surface area (Å²) in [6, 6.07) is 6.56. The Hall–Kier alpha value is -3.76. The Morgan fingerprint density at radius 3 is 2.35 bits per heavy atom. The van der Waals surface area contributed by atoms with Gasteiger partial charge in [-0.05, 0) is 26.6 Å². The smallest absolute Gasteiger partial charge is 0.356 e. The summed E-state index contributed by atoms with van der Waals surface area (Å²) < 4.78 is 40.3. The molecule has 37 heavy (non-hydrogen) atoms. The molecule has 2 aliphatic heterocycles. The van der Waals surface area contributed by atoms with Gasteiger partial charge in [0.05, 0.1) is 5.56 Å². The number of carbonyl (C=O) groups excluding carboxylic acids is 1. The molecule has 2 atom stereocenters. The van der Waals surface area contributed by atoms with Gasteiger partial charge in [-0.2, -0.15) is 18.2 Å². The predicted molar refractivity (Wildman–Crippen MR) is 139 cm³/mol. The fourth-order valence-electron chi connectivity index (χ4n) is 4.82. The first-order chi connectivity index (χ1) is 17.5. The van der Waals surface area contributed by atoms with Crippen molar-refractivity contribution in [3.05, 3.63) is 58.9 Å². The van der Waals surface area contributed by atoms with Crippen molar-refractivity contribution >= 4 is 30.2 Å². The maximum atomic E-state index is 13.6. The summed E-state index contributed by atoms with van der Waals surface area (Å²) in [7, 11) is 3.22. The summed E-state index contributed by atoms with van der Waals surface area (Å²) >= 11 is 0. The SMILES string of the molecule is C=NC(=N/C=C\C)c1ccc(C)cc1C(=O)N1CC2CN(c3cc(C(F)(F)F)nc(N(C)C)n3)CC2C1. The summed E-state index contributed by atoms with van der Waals surface area (Å²) in [5.41, 5.74) is 1.09. The Morgan fingerprint density at radius 1 is 1.11 bits per heavy atom. The van der Waals surface area contributed by atoms with Crippen LogP contribution in [0.5, 0.6) is 0 Å². The topological polar surface area (TPSA) is 77.3 Å². The fraction of sp³-hybridized carbons (Fsp3) is 0.423. The van der Waals surface area contributed by atoms with Crippen molar-refractivity contribution in [3.63, 3.8) is 0 Å². The highest BCUT2D eigenvalue weighted by Crippen LogP contribution is 2.37. The summed E-state index contributed by atoms with van der Waals surface area (Å²) in [4.78, 5) is 35.1. The summed E-state index contributed by atoms with van der Waals surface area (Å²) in [5.74, 6) is 0.759. The number of hydrogen-bond donors (Lipinski definition) is 0. The molecular formula is C26H30F3N7O. The molecule has 0 radical (unpaired) electrons. The third-order valence-corrected chi connectivity index (χ3v) is 6.63. The number of alkyl halides is 3. The second-order valence-corrected chi connectivity index (χ2v) is 9.58. The zero-order chi connectivity index (χ0) is 26.9. The maximum absolute atomic E-state index is 13.6. The molecule has 0 bridgehead atoms. The molecule has 4 rings (SSSR count). The average Bonchev–Trinajstić information content (AvgIpc) is 3.43. The molecule has 2 aliphatic rings. The standard InChI is InChI=1S/C26H30F3N7O/c1-6-9-31-23(30-3)19-8-7-16(2)10-20(19)24(37)36-14-17-12-35(13-18(17)15-36)22-11-21(26(27,28)29)32-25(33-22)34(4)5/h6-11,17-18H,3,12-15H2,1-2,4-5H3/b9-6-,31-23?. The van der Waals surface area contributed by atoms with E-state index in [1.807, 2.05) is 41.8 Å². The van der Waals surface area contributed by atoms with Crippen LogP contribution in [0.1, 0.15) is 34.1 Å². The first-order valence-corrected chi connectivity index (χ1v) is 12.0. The van der Waals surface area contributed by atoms with E-state index in [4.69, 9.17) is 0 Å². The van der Waals surface area contributed by atoms with Crippen LogP contribution in [0.3, 0.4) is 0 Å². The van der Waals surface area contributed by atoms with Crippen LogP contribution >= 0.6 is 0 Å². The molecule has 2 unspecified atom stereocenters. The minimum Gasteiger partial charge on any atom is -0.356 e. The maximum Gasteiger partial charge on any atom is 0.433 e. The highest BCUT2D eigenvalue weighted by atomic mass is 19.4. The van der Waals surface area contributed by atoms with Gasteiger partial charge in [0, 0.05) is 69.9 Å². The molecule has 1 amide bonds. The van der Waals surface area contributed by atoms with E-state index in [0.717, 1.165) is 11.6 Å². The van der Waals surface area contributed by atoms with Gasteiger partial charge in [-0.1, -0.05) is 23.8 Å². The molecule has 11 heteroatoms. The Labute approximate surface area is 214 Å². The minimum atomic E-state index is -4.57. The third kappa shape index (κ3) is 5.50. The molecule has 3 heterocycles. The lowest BCUT2D eigenvalue weighted by atomic mass is 10.0. The van der Waals surface area contributed by atoms with Crippen LogP contribution < -0.4 is 9.80 Å². The number of aryl methyl sites for hydroxylation is 1. The number of fused-ring (bicyclic) bond motifs is 1. The first kappa shape index (κ1) is 26.3. The molecule has 0 aliphatic carbocycles. The van der Waals surface area contributed by atoms with E-state index >= 15 is 0 Å². The van der Waals surface area contributed by atoms with Crippen molar-refractivity contribution in [1.82, 2.24) is 14.9 Å². The summed E-state index contributed by atoms with van der Waals surface area (Å²) in [5, 5.41) is 0. The summed E-state index contributed by atoms with van der Waals surface area (Å²) in [6.07, 6.45) is -1.20. The number of amides is 1. The van der Waals surface area contributed by atoms with Crippen LogP contribution in [0.2, 0.25) is 0 Å². The van der Waals surface area contributed by atoms with Gasteiger partial charge < -0.3 is 14.7 Å². The number of amidine groups is 1. The number of halogens is 3.